The molecular weight excluding hydrogens is 262 g/mol. The first-order chi connectivity index (χ1) is 6.69. The molecule has 14 heavy (non-hydrogen) atoms. The third kappa shape index (κ3) is 2.50. The highest BCUT2D eigenvalue weighted by molar-refractivity contribution is 9.10. The van der Waals surface area contributed by atoms with Crippen molar-refractivity contribution in [3.63, 3.8) is 0 Å². The van der Waals surface area contributed by atoms with Gasteiger partial charge in [-0.25, -0.2) is 4.90 Å². The van der Waals surface area contributed by atoms with Gasteiger partial charge in [-0.05, 0) is 30.5 Å². The molecule has 0 saturated heterocycles. The smallest absolute Gasteiger partial charge is 0.191 e. The number of nitriles is 1. The molecule has 1 aromatic carbocycles. The van der Waals surface area contributed by atoms with Gasteiger partial charge in [-0.1, -0.05) is 27.7 Å². The Hall–Kier alpha value is -0.990. The molecule has 0 amide bonds. The van der Waals surface area contributed by atoms with Crippen molar-refractivity contribution >= 4 is 38.5 Å². The molecule has 1 N–H and O–H groups in total. The van der Waals surface area contributed by atoms with Gasteiger partial charge in [-0.15, -0.1) is 0 Å². The largest absolute Gasteiger partial charge is 0.278 e. The van der Waals surface area contributed by atoms with Crippen LogP contribution in [0.15, 0.2) is 28.7 Å². The van der Waals surface area contributed by atoms with Crippen LogP contribution >= 0.6 is 27.7 Å². The normalized spacial score (nSPS) is 9.21. The first-order valence-electron chi connectivity index (χ1n) is 3.77. The minimum Gasteiger partial charge on any atom is -0.278 e. The van der Waals surface area contributed by atoms with E-state index in [4.69, 9.17) is 10.7 Å². The molecule has 0 aliphatic heterocycles. The Balaban J connectivity index is 2.97. The third-order valence-corrected chi connectivity index (χ3v) is 2.68. The van der Waals surface area contributed by atoms with Gasteiger partial charge in [-0.2, -0.15) is 5.26 Å². The molecule has 0 unspecified atom stereocenters. The van der Waals surface area contributed by atoms with E-state index < -0.39 is 0 Å². The van der Waals surface area contributed by atoms with E-state index in [2.05, 4.69) is 15.9 Å². The predicted octanol–water partition coefficient (Wildman–Crippen LogP) is 3.03. The topological polar surface area (TPSA) is 50.9 Å². The number of amidine groups is 1. The SMILES string of the molecule is CSC(=N)N(C#N)c1ccc(Br)cc1. The number of halogens is 1. The number of rotatable bonds is 1. The number of nitrogens with zero attached hydrogens (tertiary/aromatic N) is 2. The Labute approximate surface area is 95.4 Å². The summed E-state index contributed by atoms with van der Waals surface area (Å²) < 4.78 is 0.954. The van der Waals surface area contributed by atoms with Crippen molar-refractivity contribution in [2.75, 3.05) is 11.2 Å². The summed E-state index contributed by atoms with van der Waals surface area (Å²) >= 11 is 4.54. The van der Waals surface area contributed by atoms with E-state index in [1.54, 1.807) is 18.4 Å². The average molecular weight is 270 g/mol. The van der Waals surface area contributed by atoms with Gasteiger partial charge in [0.1, 0.15) is 0 Å². The summed E-state index contributed by atoms with van der Waals surface area (Å²) in [6.07, 6.45) is 3.73. The molecule has 0 radical (unpaired) electrons. The highest BCUT2D eigenvalue weighted by Crippen LogP contribution is 2.19. The van der Waals surface area contributed by atoms with Gasteiger partial charge in [0.25, 0.3) is 0 Å². The van der Waals surface area contributed by atoms with Gasteiger partial charge >= 0.3 is 0 Å². The van der Waals surface area contributed by atoms with Crippen LogP contribution in [0.4, 0.5) is 5.69 Å². The summed E-state index contributed by atoms with van der Waals surface area (Å²) in [4.78, 5) is 1.27. The first-order valence-corrected chi connectivity index (χ1v) is 5.78. The molecule has 0 saturated carbocycles. The molecule has 0 bridgehead atoms. The Kier molecular flexibility index (Phi) is 3.98. The standard InChI is InChI=1S/C9H8BrN3S/c1-14-9(12)13(6-11)8-4-2-7(10)3-5-8/h2-5,12H,1H3. The summed E-state index contributed by atoms with van der Waals surface area (Å²) in [5.74, 6) is 0. The molecule has 0 heterocycles. The number of hydrogen-bond acceptors (Lipinski definition) is 3. The Morgan fingerprint density at radius 3 is 2.50 bits per heavy atom. The summed E-state index contributed by atoms with van der Waals surface area (Å²) in [5.41, 5.74) is 0.704. The van der Waals surface area contributed by atoms with Gasteiger partial charge in [-0.3, -0.25) is 5.41 Å². The van der Waals surface area contributed by atoms with Gasteiger partial charge in [0, 0.05) is 4.47 Å². The molecular formula is C9H8BrN3S. The monoisotopic (exact) mass is 269 g/mol. The lowest BCUT2D eigenvalue weighted by molar-refractivity contribution is 1.31. The van der Waals surface area contributed by atoms with Crippen molar-refractivity contribution in [1.82, 2.24) is 0 Å². The van der Waals surface area contributed by atoms with E-state index in [0.29, 0.717) is 5.69 Å². The van der Waals surface area contributed by atoms with Gasteiger partial charge in [0.05, 0.1) is 5.69 Å². The van der Waals surface area contributed by atoms with Crippen LogP contribution in [-0.2, 0) is 0 Å². The quantitative estimate of drug-likeness (QED) is 0.369. The van der Waals surface area contributed by atoms with Crippen LogP contribution in [0, 0.1) is 16.9 Å². The second-order valence-electron chi connectivity index (χ2n) is 2.42. The van der Waals surface area contributed by atoms with Crippen molar-refractivity contribution in [2.45, 2.75) is 0 Å². The molecule has 72 valence electrons. The zero-order valence-electron chi connectivity index (χ0n) is 7.49. The molecule has 0 aliphatic rings. The second-order valence-corrected chi connectivity index (χ2v) is 4.13. The summed E-state index contributed by atoms with van der Waals surface area (Å²) in [6.45, 7) is 0. The number of benzene rings is 1. The van der Waals surface area contributed by atoms with E-state index >= 15 is 0 Å². The number of nitrogens with one attached hydrogen (secondary N) is 1. The van der Waals surface area contributed by atoms with Gasteiger partial charge in [0.2, 0.25) is 0 Å². The van der Waals surface area contributed by atoms with Crippen molar-refractivity contribution < 1.29 is 0 Å². The van der Waals surface area contributed by atoms with Gasteiger partial charge in [0.15, 0.2) is 11.4 Å². The average Bonchev–Trinajstić information content (AvgIpc) is 2.21. The van der Waals surface area contributed by atoms with Crippen LogP contribution in [0.2, 0.25) is 0 Å². The maximum absolute atomic E-state index is 8.86. The van der Waals surface area contributed by atoms with Crippen molar-refractivity contribution in [3.8, 4) is 6.19 Å². The Morgan fingerprint density at radius 1 is 1.50 bits per heavy atom. The number of anilines is 1. The van der Waals surface area contributed by atoms with Crippen LogP contribution in [-0.4, -0.2) is 11.4 Å². The summed E-state index contributed by atoms with van der Waals surface area (Å²) in [6, 6.07) is 7.26. The molecule has 1 rings (SSSR count). The highest BCUT2D eigenvalue weighted by Gasteiger charge is 2.09. The van der Waals surface area contributed by atoms with E-state index in [-0.39, 0.29) is 5.17 Å². The predicted molar refractivity (Wildman–Crippen MR) is 63.5 cm³/mol. The molecule has 5 heteroatoms. The zero-order chi connectivity index (χ0) is 10.6. The molecule has 0 spiro atoms. The van der Waals surface area contributed by atoms with E-state index in [1.807, 2.05) is 18.3 Å². The van der Waals surface area contributed by atoms with Crippen molar-refractivity contribution in [2.24, 2.45) is 0 Å². The lowest BCUT2D eigenvalue weighted by atomic mass is 10.3. The fourth-order valence-electron chi connectivity index (χ4n) is 0.902. The molecule has 1 aromatic rings. The number of hydrogen-bond donors (Lipinski definition) is 1. The van der Waals surface area contributed by atoms with Crippen LogP contribution in [0.5, 0.6) is 0 Å². The van der Waals surface area contributed by atoms with Crippen molar-refractivity contribution in [3.05, 3.63) is 28.7 Å². The fourth-order valence-corrected chi connectivity index (χ4v) is 1.49. The molecule has 0 aromatic heterocycles. The Morgan fingerprint density at radius 2 is 2.07 bits per heavy atom. The van der Waals surface area contributed by atoms with Gasteiger partial charge < -0.3 is 0 Å². The summed E-state index contributed by atoms with van der Waals surface area (Å²) in [5, 5.41) is 16.6. The third-order valence-electron chi connectivity index (χ3n) is 1.58. The first kappa shape index (κ1) is 11.1. The number of thioether (sulfide) groups is 1. The van der Waals surface area contributed by atoms with Crippen LogP contribution in [0.3, 0.4) is 0 Å². The van der Waals surface area contributed by atoms with Crippen LogP contribution in [0.25, 0.3) is 0 Å². The van der Waals surface area contributed by atoms with E-state index in [1.165, 1.54) is 16.7 Å². The second kappa shape index (κ2) is 5.03. The summed E-state index contributed by atoms with van der Waals surface area (Å²) in [7, 11) is 0. The van der Waals surface area contributed by atoms with Crippen LogP contribution in [0.1, 0.15) is 0 Å². The molecule has 0 aliphatic carbocycles. The van der Waals surface area contributed by atoms with Crippen molar-refractivity contribution in [1.29, 1.82) is 10.7 Å². The highest BCUT2D eigenvalue weighted by atomic mass is 79.9. The lowest BCUT2D eigenvalue weighted by Crippen LogP contribution is -2.21. The maximum Gasteiger partial charge on any atom is 0.191 e. The lowest BCUT2D eigenvalue weighted by Gasteiger charge is -2.14. The molecule has 0 atom stereocenters. The van der Waals surface area contributed by atoms with E-state index in [9.17, 15) is 0 Å². The fraction of sp³-hybridized carbons (Fsp3) is 0.111. The van der Waals surface area contributed by atoms with Crippen LogP contribution < -0.4 is 4.90 Å². The molecule has 3 nitrogen and oxygen atoms in total. The Bertz CT molecular complexity index is 369. The minimum atomic E-state index is 0.217. The minimum absolute atomic E-state index is 0.217. The maximum atomic E-state index is 8.86. The van der Waals surface area contributed by atoms with E-state index in [0.717, 1.165) is 4.47 Å². The molecule has 0 fully saturated rings. The zero-order valence-corrected chi connectivity index (χ0v) is 9.89.